The first kappa shape index (κ1) is 15.3. The fourth-order valence-electron chi connectivity index (χ4n) is 3.18. The summed E-state index contributed by atoms with van der Waals surface area (Å²) in [4.78, 5) is 0. The molecule has 0 aliphatic heterocycles. The third-order valence-electron chi connectivity index (χ3n) is 4.50. The van der Waals surface area contributed by atoms with E-state index in [1.54, 1.807) is 0 Å². The summed E-state index contributed by atoms with van der Waals surface area (Å²) in [5.41, 5.74) is 2.32. The van der Waals surface area contributed by atoms with Gasteiger partial charge in [0.05, 0.1) is 6.61 Å². The van der Waals surface area contributed by atoms with Crippen LogP contribution in [0.15, 0.2) is 18.2 Å². The van der Waals surface area contributed by atoms with Crippen LogP contribution in [0.25, 0.3) is 0 Å². The Bertz CT molecular complexity index is 443. The van der Waals surface area contributed by atoms with Crippen molar-refractivity contribution >= 4 is 0 Å². The second kappa shape index (κ2) is 6.59. The molecular formula is C17H27NO2. The van der Waals surface area contributed by atoms with E-state index in [-0.39, 0.29) is 18.2 Å². The van der Waals surface area contributed by atoms with E-state index in [9.17, 15) is 5.11 Å². The smallest absolute Gasteiger partial charge is 0.122 e. The lowest BCUT2D eigenvalue weighted by Crippen LogP contribution is -2.53. The normalized spacial score (nSPS) is 26.5. The summed E-state index contributed by atoms with van der Waals surface area (Å²) >= 11 is 0. The molecular weight excluding hydrogens is 250 g/mol. The zero-order valence-electron chi connectivity index (χ0n) is 12.9. The molecule has 0 heterocycles. The first-order valence-electron chi connectivity index (χ1n) is 7.69. The average molecular weight is 277 g/mol. The van der Waals surface area contributed by atoms with E-state index >= 15 is 0 Å². The Balaban J connectivity index is 2.07. The molecule has 2 atom stereocenters. The highest BCUT2D eigenvalue weighted by Gasteiger charge is 2.36. The Kier molecular flexibility index (Phi) is 5.06. The SMILES string of the molecule is CCNC1(CO)CCCC(Oc2cccc(C)c2C)C1. The molecule has 1 saturated carbocycles. The van der Waals surface area contributed by atoms with E-state index in [1.807, 2.05) is 12.1 Å². The molecule has 0 spiro atoms. The standard InChI is InChI=1S/C17H27NO2/c1-4-18-17(12-19)10-6-8-15(11-17)20-16-9-5-7-13(2)14(16)3/h5,7,9,15,18-19H,4,6,8,10-12H2,1-3H3. The quantitative estimate of drug-likeness (QED) is 0.869. The van der Waals surface area contributed by atoms with Gasteiger partial charge in [0, 0.05) is 12.0 Å². The van der Waals surface area contributed by atoms with Gasteiger partial charge >= 0.3 is 0 Å². The van der Waals surface area contributed by atoms with Crippen molar-refractivity contribution in [3.8, 4) is 5.75 Å². The Morgan fingerprint density at radius 1 is 1.40 bits per heavy atom. The van der Waals surface area contributed by atoms with E-state index in [1.165, 1.54) is 11.1 Å². The molecule has 0 aromatic heterocycles. The molecule has 0 bridgehead atoms. The topological polar surface area (TPSA) is 41.5 Å². The second-order valence-corrected chi connectivity index (χ2v) is 6.00. The number of benzene rings is 1. The zero-order valence-corrected chi connectivity index (χ0v) is 12.9. The summed E-state index contributed by atoms with van der Waals surface area (Å²) < 4.78 is 6.22. The molecule has 3 heteroatoms. The molecule has 0 amide bonds. The van der Waals surface area contributed by atoms with Gasteiger partial charge in [-0.1, -0.05) is 19.1 Å². The first-order valence-corrected chi connectivity index (χ1v) is 7.69. The highest BCUT2D eigenvalue weighted by atomic mass is 16.5. The van der Waals surface area contributed by atoms with E-state index in [4.69, 9.17) is 4.74 Å². The van der Waals surface area contributed by atoms with Crippen molar-refractivity contribution in [2.24, 2.45) is 0 Å². The molecule has 1 aliphatic rings. The van der Waals surface area contributed by atoms with Crippen molar-refractivity contribution in [1.29, 1.82) is 0 Å². The third kappa shape index (κ3) is 3.33. The van der Waals surface area contributed by atoms with Crippen molar-refractivity contribution in [2.75, 3.05) is 13.2 Å². The van der Waals surface area contributed by atoms with Crippen LogP contribution < -0.4 is 10.1 Å². The predicted octanol–water partition coefficient (Wildman–Crippen LogP) is 2.97. The van der Waals surface area contributed by atoms with Crippen molar-refractivity contribution < 1.29 is 9.84 Å². The van der Waals surface area contributed by atoms with E-state index in [0.717, 1.165) is 38.0 Å². The largest absolute Gasteiger partial charge is 0.490 e. The number of rotatable bonds is 5. The van der Waals surface area contributed by atoms with Crippen molar-refractivity contribution in [3.05, 3.63) is 29.3 Å². The fraction of sp³-hybridized carbons (Fsp3) is 0.647. The van der Waals surface area contributed by atoms with Gasteiger partial charge in [-0.05, 0) is 56.8 Å². The molecule has 2 rings (SSSR count). The maximum Gasteiger partial charge on any atom is 0.122 e. The maximum atomic E-state index is 9.74. The van der Waals surface area contributed by atoms with Crippen LogP contribution in [0.5, 0.6) is 5.75 Å². The van der Waals surface area contributed by atoms with Crippen molar-refractivity contribution in [1.82, 2.24) is 5.32 Å². The molecule has 1 aromatic carbocycles. The molecule has 2 N–H and O–H groups in total. The van der Waals surface area contributed by atoms with E-state index in [2.05, 4.69) is 32.2 Å². The Morgan fingerprint density at radius 3 is 2.90 bits per heavy atom. The predicted molar refractivity (Wildman–Crippen MR) is 82.3 cm³/mol. The summed E-state index contributed by atoms with van der Waals surface area (Å²) in [5, 5.41) is 13.2. The molecule has 20 heavy (non-hydrogen) atoms. The molecule has 2 unspecified atom stereocenters. The summed E-state index contributed by atoms with van der Waals surface area (Å²) in [7, 11) is 0. The monoisotopic (exact) mass is 277 g/mol. The average Bonchev–Trinajstić information content (AvgIpc) is 2.45. The second-order valence-electron chi connectivity index (χ2n) is 6.00. The zero-order chi connectivity index (χ0) is 14.6. The summed E-state index contributed by atoms with van der Waals surface area (Å²) in [6.45, 7) is 7.38. The molecule has 1 aromatic rings. The summed E-state index contributed by atoms with van der Waals surface area (Å²) in [6.07, 6.45) is 4.27. The van der Waals surface area contributed by atoms with Crippen molar-refractivity contribution in [3.63, 3.8) is 0 Å². The van der Waals surface area contributed by atoms with Crippen LogP contribution in [-0.4, -0.2) is 29.9 Å². The minimum atomic E-state index is -0.157. The number of aliphatic hydroxyl groups is 1. The van der Waals surface area contributed by atoms with E-state index < -0.39 is 0 Å². The highest BCUT2D eigenvalue weighted by molar-refractivity contribution is 5.38. The first-order chi connectivity index (χ1) is 9.60. The minimum Gasteiger partial charge on any atom is -0.490 e. The van der Waals surface area contributed by atoms with Crippen LogP contribution in [0.2, 0.25) is 0 Å². The van der Waals surface area contributed by atoms with Gasteiger partial charge in [0.15, 0.2) is 0 Å². The van der Waals surface area contributed by atoms with Gasteiger partial charge in [-0.25, -0.2) is 0 Å². The number of aliphatic hydroxyl groups excluding tert-OH is 1. The van der Waals surface area contributed by atoms with Gasteiger partial charge in [0.25, 0.3) is 0 Å². The molecule has 1 fully saturated rings. The Hall–Kier alpha value is -1.06. The third-order valence-corrected chi connectivity index (χ3v) is 4.50. The molecule has 0 radical (unpaired) electrons. The number of ether oxygens (including phenoxy) is 1. The summed E-state index contributed by atoms with van der Waals surface area (Å²) in [6, 6.07) is 6.20. The lowest BCUT2D eigenvalue weighted by atomic mass is 9.80. The molecule has 3 nitrogen and oxygen atoms in total. The summed E-state index contributed by atoms with van der Waals surface area (Å²) in [5.74, 6) is 0.986. The molecule has 0 saturated heterocycles. The number of aryl methyl sites for hydroxylation is 1. The fourth-order valence-corrected chi connectivity index (χ4v) is 3.18. The van der Waals surface area contributed by atoms with E-state index in [0.29, 0.717) is 0 Å². The van der Waals surface area contributed by atoms with Gasteiger partial charge in [0.2, 0.25) is 0 Å². The number of hydrogen-bond acceptors (Lipinski definition) is 3. The lowest BCUT2D eigenvalue weighted by molar-refractivity contribution is 0.0516. The lowest BCUT2D eigenvalue weighted by Gasteiger charge is -2.40. The van der Waals surface area contributed by atoms with Gasteiger partial charge in [0.1, 0.15) is 11.9 Å². The van der Waals surface area contributed by atoms with Crippen LogP contribution in [-0.2, 0) is 0 Å². The van der Waals surface area contributed by atoms with Gasteiger partial charge in [-0.15, -0.1) is 0 Å². The Labute approximate surface area is 122 Å². The van der Waals surface area contributed by atoms with Gasteiger partial charge < -0.3 is 15.2 Å². The highest BCUT2D eigenvalue weighted by Crippen LogP contribution is 2.32. The minimum absolute atomic E-state index is 0.157. The molecule has 1 aliphatic carbocycles. The number of hydrogen-bond donors (Lipinski definition) is 2. The molecule has 112 valence electrons. The van der Waals surface area contributed by atoms with Crippen molar-refractivity contribution in [2.45, 2.75) is 58.1 Å². The van der Waals surface area contributed by atoms with Gasteiger partial charge in [-0.3, -0.25) is 0 Å². The van der Waals surface area contributed by atoms with Crippen LogP contribution >= 0.6 is 0 Å². The van der Waals surface area contributed by atoms with Crippen LogP contribution in [0.1, 0.15) is 43.7 Å². The van der Waals surface area contributed by atoms with Crippen LogP contribution in [0.3, 0.4) is 0 Å². The van der Waals surface area contributed by atoms with Crippen LogP contribution in [0.4, 0.5) is 0 Å². The Morgan fingerprint density at radius 2 is 2.20 bits per heavy atom. The van der Waals surface area contributed by atoms with Gasteiger partial charge in [-0.2, -0.15) is 0 Å². The van der Waals surface area contributed by atoms with Crippen LogP contribution in [0, 0.1) is 13.8 Å². The number of likely N-dealkylation sites (N-methyl/N-ethyl adjacent to an activating group) is 1. The maximum absolute atomic E-state index is 9.74. The number of nitrogens with one attached hydrogen (secondary N) is 1.